The molecule has 0 bridgehead atoms. The molecule has 0 aliphatic rings. The summed E-state index contributed by atoms with van der Waals surface area (Å²) in [6.07, 6.45) is 1.44. The Morgan fingerprint density at radius 3 is 2.38 bits per heavy atom. The van der Waals surface area contributed by atoms with Gasteiger partial charge in [-0.25, -0.2) is 13.5 Å². The van der Waals surface area contributed by atoms with Crippen molar-refractivity contribution in [3.8, 4) is 5.69 Å². The number of benzene rings is 2. The van der Waals surface area contributed by atoms with E-state index in [0.29, 0.717) is 22.0 Å². The molecule has 0 fully saturated rings. The van der Waals surface area contributed by atoms with Crippen molar-refractivity contribution in [3.05, 3.63) is 70.5 Å². The average molecular weight is 419 g/mol. The number of nitrogens with one attached hydrogen (secondary N) is 1. The molecule has 3 aromatic rings. The molecule has 1 aromatic heterocycles. The largest absolute Gasteiger partial charge is 0.373 e. The van der Waals surface area contributed by atoms with Crippen LogP contribution < -0.4 is 10.2 Å². The molecule has 0 unspecified atom stereocenters. The second-order valence-corrected chi connectivity index (χ2v) is 7.56. The maximum atomic E-state index is 14.2. The Bertz CT molecular complexity index is 1040. The van der Waals surface area contributed by atoms with Crippen LogP contribution in [-0.4, -0.2) is 29.8 Å². The molecular formula is C21H21ClF2N4O. The van der Waals surface area contributed by atoms with Crippen LogP contribution in [0.25, 0.3) is 5.69 Å². The molecule has 1 N–H and O–H groups in total. The molecule has 0 saturated carbocycles. The molecule has 0 aliphatic heterocycles. The summed E-state index contributed by atoms with van der Waals surface area (Å²) in [6, 6.07) is 9.29. The number of carbonyl (C=O) groups is 1. The number of amides is 1. The lowest BCUT2D eigenvalue weighted by Gasteiger charge is -2.16. The Kier molecular flexibility index (Phi) is 5.88. The van der Waals surface area contributed by atoms with Crippen LogP contribution in [-0.2, 0) is 0 Å². The maximum Gasteiger partial charge on any atom is 0.259 e. The fourth-order valence-corrected chi connectivity index (χ4v) is 3.35. The summed E-state index contributed by atoms with van der Waals surface area (Å²) in [7, 11) is 3.08. The van der Waals surface area contributed by atoms with Crippen LogP contribution in [0.4, 0.5) is 20.2 Å². The predicted molar refractivity (Wildman–Crippen MR) is 111 cm³/mol. The fourth-order valence-electron chi connectivity index (χ4n) is 3.17. The summed E-state index contributed by atoms with van der Waals surface area (Å²) in [6.45, 7) is 3.86. The van der Waals surface area contributed by atoms with Gasteiger partial charge in [-0.3, -0.25) is 4.79 Å². The lowest BCUT2D eigenvalue weighted by molar-refractivity contribution is 0.102. The van der Waals surface area contributed by atoms with Crippen molar-refractivity contribution in [2.24, 2.45) is 0 Å². The van der Waals surface area contributed by atoms with E-state index in [1.807, 2.05) is 19.9 Å². The molecule has 3 rings (SSSR count). The van der Waals surface area contributed by atoms with E-state index in [9.17, 15) is 13.6 Å². The van der Waals surface area contributed by atoms with Crippen LogP contribution >= 0.6 is 11.6 Å². The topological polar surface area (TPSA) is 50.2 Å². The van der Waals surface area contributed by atoms with Gasteiger partial charge in [0.05, 0.1) is 23.1 Å². The predicted octanol–water partition coefficient (Wildman–Crippen LogP) is 5.25. The number of nitrogens with zero attached hydrogens (tertiary/aromatic N) is 3. The molecule has 0 radical (unpaired) electrons. The molecule has 0 saturated heterocycles. The number of rotatable bonds is 5. The first kappa shape index (κ1) is 20.8. The molecule has 1 amide bonds. The van der Waals surface area contributed by atoms with Crippen molar-refractivity contribution in [2.45, 2.75) is 19.8 Å². The number of halogens is 3. The van der Waals surface area contributed by atoms with Crippen molar-refractivity contribution in [3.63, 3.8) is 0 Å². The van der Waals surface area contributed by atoms with Crippen molar-refractivity contribution in [1.29, 1.82) is 0 Å². The van der Waals surface area contributed by atoms with Gasteiger partial charge in [0, 0.05) is 24.8 Å². The zero-order chi connectivity index (χ0) is 21.3. The summed E-state index contributed by atoms with van der Waals surface area (Å²) >= 11 is 6.07. The monoisotopic (exact) mass is 418 g/mol. The third-order valence-corrected chi connectivity index (χ3v) is 4.61. The van der Waals surface area contributed by atoms with Gasteiger partial charge >= 0.3 is 0 Å². The Labute approximate surface area is 172 Å². The maximum absolute atomic E-state index is 14.2. The van der Waals surface area contributed by atoms with Crippen LogP contribution in [0.15, 0.2) is 42.6 Å². The lowest BCUT2D eigenvalue weighted by Crippen LogP contribution is -2.17. The standard InChI is InChI=1S/C21H21ClF2N4O/c1-12(2)19-16(11-25-28(19)15-7-5-6-13(22)8-15)21(29)26-14-9-17(23)20(27(3)4)18(24)10-14/h5-12H,1-4H3,(H,26,29). The Morgan fingerprint density at radius 2 is 1.83 bits per heavy atom. The summed E-state index contributed by atoms with van der Waals surface area (Å²) < 4.78 is 30.1. The fraction of sp³-hybridized carbons (Fsp3) is 0.238. The number of anilines is 2. The minimum atomic E-state index is -0.760. The molecule has 0 atom stereocenters. The van der Waals surface area contributed by atoms with Gasteiger partial charge < -0.3 is 10.2 Å². The summed E-state index contributed by atoms with van der Waals surface area (Å²) in [4.78, 5) is 14.2. The highest BCUT2D eigenvalue weighted by Gasteiger charge is 2.22. The summed E-state index contributed by atoms with van der Waals surface area (Å²) in [5, 5.41) is 7.43. The van der Waals surface area contributed by atoms with E-state index in [-0.39, 0.29) is 17.3 Å². The van der Waals surface area contributed by atoms with E-state index in [1.165, 1.54) is 11.1 Å². The number of aromatic nitrogens is 2. The quantitative estimate of drug-likeness (QED) is 0.616. The second kappa shape index (κ2) is 8.21. The van der Waals surface area contributed by atoms with Crippen molar-refractivity contribution in [1.82, 2.24) is 9.78 Å². The van der Waals surface area contributed by atoms with Crippen molar-refractivity contribution < 1.29 is 13.6 Å². The Morgan fingerprint density at radius 1 is 1.17 bits per heavy atom. The SMILES string of the molecule is CC(C)c1c(C(=O)Nc2cc(F)c(N(C)C)c(F)c2)cnn1-c1cccc(Cl)c1. The number of hydrogen-bond acceptors (Lipinski definition) is 3. The summed E-state index contributed by atoms with van der Waals surface area (Å²) in [5.74, 6) is -2.06. The van der Waals surface area contributed by atoms with Crippen molar-refractivity contribution >= 4 is 28.9 Å². The van der Waals surface area contributed by atoms with Gasteiger partial charge in [-0.2, -0.15) is 5.10 Å². The molecule has 29 heavy (non-hydrogen) atoms. The van der Waals surface area contributed by atoms with Crippen LogP contribution in [0.3, 0.4) is 0 Å². The first-order chi connectivity index (χ1) is 13.7. The van der Waals surface area contributed by atoms with E-state index < -0.39 is 17.5 Å². The third kappa shape index (κ3) is 4.24. The second-order valence-electron chi connectivity index (χ2n) is 7.13. The highest BCUT2D eigenvalue weighted by molar-refractivity contribution is 6.30. The minimum absolute atomic E-state index is 0.0285. The van der Waals surface area contributed by atoms with E-state index in [2.05, 4.69) is 10.4 Å². The molecule has 0 spiro atoms. The average Bonchev–Trinajstić information content (AvgIpc) is 3.06. The van der Waals surface area contributed by atoms with Crippen LogP contribution in [0, 0.1) is 11.6 Å². The highest BCUT2D eigenvalue weighted by atomic mass is 35.5. The molecule has 1 heterocycles. The van der Waals surface area contributed by atoms with Gasteiger partial charge in [0.2, 0.25) is 0 Å². The lowest BCUT2D eigenvalue weighted by atomic mass is 10.0. The van der Waals surface area contributed by atoms with Gasteiger partial charge in [0.15, 0.2) is 11.6 Å². The zero-order valence-corrected chi connectivity index (χ0v) is 17.3. The summed E-state index contributed by atoms with van der Waals surface area (Å²) in [5.41, 5.74) is 1.56. The van der Waals surface area contributed by atoms with Gasteiger partial charge in [-0.15, -0.1) is 0 Å². The number of hydrogen-bond donors (Lipinski definition) is 1. The zero-order valence-electron chi connectivity index (χ0n) is 16.5. The highest BCUT2D eigenvalue weighted by Crippen LogP contribution is 2.28. The third-order valence-electron chi connectivity index (χ3n) is 4.37. The molecular weight excluding hydrogens is 398 g/mol. The van der Waals surface area contributed by atoms with Gasteiger partial charge in [0.1, 0.15) is 5.69 Å². The normalized spacial score (nSPS) is 11.0. The van der Waals surface area contributed by atoms with E-state index in [4.69, 9.17) is 11.6 Å². The molecule has 8 heteroatoms. The first-order valence-corrected chi connectivity index (χ1v) is 9.38. The smallest absolute Gasteiger partial charge is 0.259 e. The Hall–Kier alpha value is -2.93. The minimum Gasteiger partial charge on any atom is -0.373 e. The van der Waals surface area contributed by atoms with E-state index in [0.717, 1.165) is 12.1 Å². The number of carbonyl (C=O) groups excluding carboxylic acids is 1. The Balaban J connectivity index is 1.96. The molecule has 152 valence electrons. The van der Waals surface area contributed by atoms with E-state index in [1.54, 1.807) is 37.0 Å². The molecule has 5 nitrogen and oxygen atoms in total. The van der Waals surface area contributed by atoms with Crippen LogP contribution in [0.5, 0.6) is 0 Å². The van der Waals surface area contributed by atoms with Crippen molar-refractivity contribution in [2.75, 3.05) is 24.3 Å². The van der Waals surface area contributed by atoms with Gasteiger partial charge in [-0.1, -0.05) is 31.5 Å². The molecule has 2 aromatic carbocycles. The first-order valence-electron chi connectivity index (χ1n) is 9.00. The van der Waals surface area contributed by atoms with Gasteiger partial charge in [0.25, 0.3) is 5.91 Å². The van der Waals surface area contributed by atoms with Crippen LogP contribution in [0.2, 0.25) is 5.02 Å². The molecule has 0 aliphatic carbocycles. The van der Waals surface area contributed by atoms with Crippen LogP contribution in [0.1, 0.15) is 35.8 Å². The van der Waals surface area contributed by atoms with E-state index >= 15 is 0 Å². The van der Waals surface area contributed by atoms with Gasteiger partial charge in [-0.05, 0) is 36.2 Å².